The predicted molar refractivity (Wildman–Crippen MR) is 273 cm³/mol. The molecule has 372 valence electrons. The lowest BCUT2D eigenvalue weighted by molar-refractivity contribution is -0.143. The van der Waals surface area contributed by atoms with Gasteiger partial charge in [0, 0.05) is 12.8 Å². The molecule has 0 aliphatic heterocycles. The predicted octanol–water partition coefficient (Wildman–Crippen LogP) is 17.1. The zero-order valence-electron chi connectivity index (χ0n) is 42.3. The molecule has 0 saturated heterocycles. The largest absolute Gasteiger partial charge is 0.466 e. The second kappa shape index (κ2) is 53.0. The highest BCUT2D eigenvalue weighted by molar-refractivity contribution is 5.76. The molecule has 1 amide bonds. The Morgan fingerprint density at radius 2 is 0.794 bits per heavy atom. The Bertz CT molecular complexity index is 982. The summed E-state index contributed by atoms with van der Waals surface area (Å²) in [6.45, 7) is 4.89. The number of aliphatic hydroxyl groups excluding tert-OH is 2. The van der Waals surface area contributed by atoms with Crippen molar-refractivity contribution < 1.29 is 24.5 Å². The number of hydrogen-bond donors (Lipinski definition) is 3. The van der Waals surface area contributed by atoms with E-state index in [0.717, 1.165) is 64.2 Å². The van der Waals surface area contributed by atoms with E-state index in [4.69, 9.17) is 4.74 Å². The van der Waals surface area contributed by atoms with Gasteiger partial charge in [0.15, 0.2) is 0 Å². The fraction of sp³-hybridized carbons (Fsp3) is 0.895. The Balaban J connectivity index is 3.47. The quantitative estimate of drug-likeness (QED) is 0.0321. The monoisotopic (exact) mass is 888 g/mol. The first-order chi connectivity index (χ1) is 31.0. The minimum absolute atomic E-state index is 0.0259. The number of esters is 1. The SMILES string of the molecule is CCCCC/C=C\C/C=C\CCCCCCCCCC(=O)OCCCCCCCCCCCCC(=O)NC(CO)C(O)CCCCCCCCCCCCCCCCCCCCC. The number of nitrogens with one attached hydrogen (secondary N) is 1. The Morgan fingerprint density at radius 3 is 1.24 bits per heavy atom. The minimum Gasteiger partial charge on any atom is -0.466 e. The molecule has 0 fully saturated rings. The smallest absolute Gasteiger partial charge is 0.305 e. The van der Waals surface area contributed by atoms with Crippen molar-refractivity contribution in [2.24, 2.45) is 0 Å². The first-order valence-electron chi connectivity index (χ1n) is 28.1. The number of ether oxygens (including phenoxy) is 1. The highest BCUT2D eigenvalue weighted by Gasteiger charge is 2.20. The zero-order chi connectivity index (χ0) is 45.8. The van der Waals surface area contributed by atoms with E-state index in [2.05, 4.69) is 43.5 Å². The van der Waals surface area contributed by atoms with Crippen LogP contribution in [0.15, 0.2) is 24.3 Å². The Kier molecular flexibility index (Phi) is 51.6. The summed E-state index contributed by atoms with van der Waals surface area (Å²) >= 11 is 0. The number of unbranched alkanes of at least 4 members (excludes halogenated alkanes) is 37. The first kappa shape index (κ1) is 61.3. The van der Waals surface area contributed by atoms with E-state index in [-0.39, 0.29) is 18.5 Å². The highest BCUT2D eigenvalue weighted by atomic mass is 16.5. The van der Waals surface area contributed by atoms with Crippen molar-refractivity contribution in [3.05, 3.63) is 24.3 Å². The molecule has 6 nitrogen and oxygen atoms in total. The van der Waals surface area contributed by atoms with Gasteiger partial charge in [0.05, 0.1) is 25.4 Å². The highest BCUT2D eigenvalue weighted by Crippen LogP contribution is 2.17. The summed E-state index contributed by atoms with van der Waals surface area (Å²) in [6.07, 6.45) is 62.9. The molecule has 0 bridgehead atoms. The molecule has 6 heteroatoms. The van der Waals surface area contributed by atoms with Crippen molar-refractivity contribution in [3.63, 3.8) is 0 Å². The molecule has 0 aromatic rings. The van der Waals surface area contributed by atoms with Crippen LogP contribution in [0.5, 0.6) is 0 Å². The molecule has 2 unspecified atom stereocenters. The molecule has 0 rings (SSSR count). The summed E-state index contributed by atoms with van der Waals surface area (Å²) in [6, 6.07) is -0.559. The van der Waals surface area contributed by atoms with Gasteiger partial charge in [-0.3, -0.25) is 9.59 Å². The molecule has 2 atom stereocenters. The topological polar surface area (TPSA) is 95.9 Å². The first-order valence-corrected chi connectivity index (χ1v) is 28.1. The fourth-order valence-corrected chi connectivity index (χ4v) is 8.67. The van der Waals surface area contributed by atoms with Gasteiger partial charge in [0.1, 0.15) is 0 Å². The Morgan fingerprint density at radius 1 is 0.444 bits per heavy atom. The molecule has 0 radical (unpaired) electrons. The molecule has 0 spiro atoms. The Labute approximate surface area is 392 Å². The number of allylic oxidation sites excluding steroid dienone is 4. The van der Waals surface area contributed by atoms with Gasteiger partial charge in [0.2, 0.25) is 5.91 Å². The molecular weight excluding hydrogens is 779 g/mol. The molecule has 63 heavy (non-hydrogen) atoms. The van der Waals surface area contributed by atoms with Gasteiger partial charge >= 0.3 is 5.97 Å². The van der Waals surface area contributed by atoms with E-state index in [0.29, 0.717) is 25.9 Å². The summed E-state index contributed by atoms with van der Waals surface area (Å²) in [4.78, 5) is 24.6. The van der Waals surface area contributed by atoms with Crippen molar-refractivity contribution in [3.8, 4) is 0 Å². The van der Waals surface area contributed by atoms with Gasteiger partial charge in [-0.25, -0.2) is 0 Å². The number of hydrogen-bond acceptors (Lipinski definition) is 5. The molecule has 0 aromatic carbocycles. The maximum absolute atomic E-state index is 12.5. The third-order valence-electron chi connectivity index (χ3n) is 13.0. The summed E-state index contributed by atoms with van der Waals surface area (Å²) in [5, 5.41) is 23.3. The lowest BCUT2D eigenvalue weighted by Gasteiger charge is -2.22. The molecule has 0 aromatic heterocycles. The van der Waals surface area contributed by atoms with Gasteiger partial charge in [0.25, 0.3) is 0 Å². The van der Waals surface area contributed by atoms with Gasteiger partial charge in [-0.05, 0) is 57.8 Å². The van der Waals surface area contributed by atoms with E-state index in [1.54, 1.807) is 0 Å². The maximum atomic E-state index is 12.5. The van der Waals surface area contributed by atoms with Crippen molar-refractivity contribution in [1.29, 1.82) is 0 Å². The van der Waals surface area contributed by atoms with Crippen LogP contribution in [0.4, 0.5) is 0 Å². The standard InChI is InChI=1S/C57H109NO5/c1-3-5-7-9-11-13-15-17-19-21-22-24-25-27-29-33-37-41-45-49-55(60)54(53-59)58-56(61)50-46-42-38-34-31-32-36-40-44-48-52-63-57(62)51-47-43-39-35-30-28-26-23-20-18-16-14-12-10-8-6-4-2/h12,14,18,20,54-55,59-60H,3-11,13,15-17,19,21-53H2,1-2H3,(H,58,61)/b14-12-,20-18-. The lowest BCUT2D eigenvalue weighted by Crippen LogP contribution is -2.45. The Hall–Kier alpha value is -1.66. The second-order valence-electron chi connectivity index (χ2n) is 19.3. The van der Waals surface area contributed by atoms with Crippen molar-refractivity contribution in [2.75, 3.05) is 13.2 Å². The van der Waals surface area contributed by atoms with E-state index in [1.165, 1.54) is 205 Å². The number of aliphatic hydroxyl groups is 2. The molecule has 0 aliphatic rings. The van der Waals surface area contributed by atoms with Crippen LogP contribution in [0.3, 0.4) is 0 Å². The maximum Gasteiger partial charge on any atom is 0.305 e. The normalized spacial score (nSPS) is 12.8. The van der Waals surface area contributed by atoms with Crippen LogP contribution in [0.2, 0.25) is 0 Å². The third kappa shape index (κ3) is 49.6. The van der Waals surface area contributed by atoms with E-state index in [1.807, 2.05) is 0 Å². The van der Waals surface area contributed by atoms with Gasteiger partial charge < -0.3 is 20.3 Å². The van der Waals surface area contributed by atoms with Gasteiger partial charge in [-0.2, -0.15) is 0 Å². The van der Waals surface area contributed by atoms with E-state index in [9.17, 15) is 19.8 Å². The summed E-state index contributed by atoms with van der Waals surface area (Å²) in [5.41, 5.74) is 0. The summed E-state index contributed by atoms with van der Waals surface area (Å²) in [5.74, 6) is -0.0820. The van der Waals surface area contributed by atoms with Crippen LogP contribution in [-0.2, 0) is 14.3 Å². The van der Waals surface area contributed by atoms with Crippen molar-refractivity contribution >= 4 is 11.9 Å². The van der Waals surface area contributed by atoms with Crippen LogP contribution in [-0.4, -0.2) is 47.4 Å². The average molecular weight is 889 g/mol. The van der Waals surface area contributed by atoms with Crippen LogP contribution < -0.4 is 5.32 Å². The van der Waals surface area contributed by atoms with E-state index >= 15 is 0 Å². The van der Waals surface area contributed by atoms with Crippen molar-refractivity contribution in [1.82, 2.24) is 5.32 Å². The average Bonchev–Trinajstić information content (AvgIpc) is 3.28. The summed E-state index contributed by atoms with van der Waals surface area (Å²) in [7, 11) is 0. The number of amides is 1. The van der Waals surface area contributed by atoms with Crippen LogP contribution in [0.25, 0.3) is 0 Å². The third-order valence-corrected chi connectivity index (χ3v) is 13.0. The van der Waals surface area contributed by atoms with Gasteiger partial charge in [-0.15, -0.1) is 0 Å². The fourth-order valence-electron chi connectivity index (χ4n) is 8.67. The van der Waals surface area contributed by atoms with Crippen LogP contribution in [0, 0.1) is 0 Å². The lowest BCUT2D eigenvalue weighted by atomic mass is 10.0. The molecular formula is C57H109NO5. The van der Waals surface area contributed by atoms with Crippen LogP contribution in [0.1, 0.15) is 303 Å². The number of carbonyl (C=O) groups is 2. The number of carbonyl (C=O) groups excluding carboxylic acids is 2. The molecule has 0 saturated carbocycles. The molecule has 3 N–H and O–H groups in total. The van der Waals surface area contributed by atoms with Gasteiger partial charge in [-0.1, -0.05) is 256 Å². The van der Waals surface area contributed by atoms with Crippen LogP contribution >= 0.6 is 0 Å². The van der Waals surface area contributed by atoms with Crippen molar-refractivity contribution in [2.45, 2.75) is 315 Å². The number of rotatable bonds is 52. The second-order valence-corrected chi connectivity index (χ2v) is 19.3. The molecule has 0 heterocycles. The minimum atomic E-state index is -0.680. The summed E-state index contributed by atoms with van der Waals surface area (Å²) < 4.78 is 5.46. The molecule has 0 aliphatic carbocycles. The zero-order valence-corrected chi connectivity index (χ0v) is 42.3. The van der Waals surface area contributed by atoms with E-state index < -0.39 is 12.1 Å².